The van der Waals surface area contributed by atoms with E-state index in [-0.39, 0.29) is 6.04 Å². The Kier molecular flexibility index (Phi) is 6.95. The summed E-state index contributed by atoms with van der Waals surface area (Å²) in [7, 11) is -3.26. The number of fused-ring (bicyclic) bond motifs is 1. The fourth-order valence-electron chi connectivity index (χ4n) is 3.68. The van der Waals surface area contributed by atoms with Gasteiger partial charge in [0.25, 0.3) is 0 Å². The smallest absolute Gasteiger partial charge is 0.209 e. The molecule has 7 nitrogen and oxygen atoms in total. The Balaban J connectivity index is 1.69. The van der Waals surface area contributed by atoms with Gasteiger partial charge in [-0.15, -0.1) is 0 Å². The maximum atomic E-state index is 11.6. The van der Waals surface area contributed by atoms with Gasteiger partial charge >= 0.3 is 0 Å². The molecule has 3 heterocycles. The molecule has 0 radical (unpaired) electrons. The predicted octanol–water partition coefficient (Wildman–Crippen LogP) is 4.60. The van der Waals surface area contributed by atoms with Crippen molar-refractivity contribution in [2.45, 2.75) is 43.3 Å². The molecule has 0 spiro atoms. The van der Waals surface area contributed by atoms with Crippen LogP contribution < -0.4 is 9.62 Å². The molecular formula is C23H26ClN5O2S2. The quantitative estimate of drug-likeness (QED) is 0.471. The molecule has 0 saturated carbocycles. The number of aromatic nitrogens is 3. The zero-order valence-electron chi connectivity index (χ0n) is 19.0. The molecular weight excluding hydrogens is 478 g/mol. The lowest BCUT2D eigenvalue weighted by atomic mass is 10.1. The highest BCUT2D eigenvalue weighted by atomic mass is 35.5. The summed E-state index contributed by atoms with van der Waals surface area (Å²) < 4.78 is 25.8. The van der Waals surface area contributed by atoms with Crippen LogP contribution in [-0.4, -0.2) is 48.8 Å². The average molecular weight is 504 g/mol. The van der Waals surface area contributed by atoms with Crippen molar-refractivity contribution in [2.75, 3.05) is 24.2 Å². The van der Waals surface area contributed by atoms with E-state index < -0.39 is 10.0 Å². The van der Waals surface area contributed by atoms with Crippen LogP contribution in [0.3, 0.4) is 0 Å². The number of aryl methyl sites for hydroxylation is 1. The number of allylic oxidation sites excluding steroid dienone is 1. The van der Waals surface area contributed by atoms with Gasteiger partial charge in [-0.1, -0.05) is 36.2 Å². The van der Waals surface area contributed by atoms with Crippen LogP contribution in [0, 0.1) is 6.92 Å². The van der Waals surface area contributed by atoms with Crippen molar-refractivity contribution in [3.05, 3.63) is 53.4 Å². The number of pyridine rings is 1. The Morgan fingerprint density at radius 1 is 1.27 bits per heavy atom. The van der Waals surface area contributed by atoms with Crippen LogP contribution in [0.1, 0.15) is 31.5 Å². The van der Waals surface area contributed by atoms with E-state index in [4.69, 9.17) is 21.6 Å². The van der Waals surface area contributed by atoms with Gasteiger partial charge in [-0.05, 0) is 50.2 Å². The van der Waals surface area contributed by atoms with Crippen LogP contribution in [0.4, 0.5) is 5.82 Å². The highest BCUT2D eigenvalue weighted by Crippen LogP contribution is 2.38. The lowest BCUT2D eigenvalue weighted by Gasteiger charge is -2.41. The zero-order valence-corrected chi connectivity index (χ0v) is 21.4. The van der Waals surface area contributed by atoms with E-state index >= 15 is 0 Å². The molecule has 3 aromatic rings. The SMILES string of the molecule is CCC(C)=C(Cl)c1c(C)nc(Sc2ccc3cccnc3c2)nc1N1CC(NS(C)(=O)=O)C1. The first-order chi connectivity index (χ1) is 15.6. The number of nitrogens with one attached hydrogen (secondary N) is 1. The zero-order chi connectivity index (χ0) is 23.8. The molecule has 0 aliphatic carbocycles. The van der Waals surface area contributed by atoms with Crippen molar-refractivity contribution in [3.8, 4) is 0 Å². The van der Waals surface area contributed by atoms with Gasteiger partial charge in [0, 0.05) is 29.6 Å². The van der Waals surface area contributed by atoms with Gasteiger partial charge in [-0.25, -0.2) is 23.1 Å². The number of benzene rings is 1. The Labute approximate surface area is 203 Å². The highest BCUT2D eigenvalue weighted by Gasteiger charge is 2.33. The third kappa shape index (κ3) is 5.48. The first-order valence-electron chi connectivity index (χ1n) is 10.6. The van der Waals surface area contributed by atoms with Crippen molar-refractivity contribution in [1.82, 2.24) is 19.7 Å². The molecule has 0 bridgehead atoms. The summed E-state index contributed by atoms with van der Waals surface area (Å²) in [4.78, 5) is 17.1. The second-order valence-corrected chi connectivity index (χ2v) is 11.4. The third-order valence-electron chi connectivity index (χ3n) is 5.52. The molecule has 4 rings (SSSR count). The van der Waals surface area contributed by atoms with E-state index in [0.29, 0.717) is 23.3 Å². The number of anilines is 1. The van der Waals surface area contributed by atoms with E-state index in [2.05, 4.69) is 16.6 Å². The fraction of sp³-hybridized carbons (Fsp3) is 0.348. The molecule has 1 N–H and O–H groups in total. The van der Waals surface area contributed by atoms with Crippen LogP contribution in [0.25, 0.3) is 15.9 Å². The van der Waals surface area contributed by atoms with E-state index in [0.717, 1.165) is 44.9 Å². The van der Waals surface area contributed by atoms with E-state index in [1.165, 1.54) is 18.0 Å². The monoisotopic (exact) mass is 503 g/mol. The Morgan fingerprint density at radius 3 is 2.73 bits per heavy atom. The van der Waals surface area contributed by atoms with Crippen molar-refractivity contribution >= 4 is 55.1 Å². The lowest BCUT2D eigenvalue weighted by molar-refractivity contribution is 0.466. The molecule has 1 aromatic carbocycles. The molecule has 1 aliphatic rings. The summed E-state index contributed by atoms with van der Waals surface area (Å²) in [5.74, 6) is 0.730. The van der Waals surface area contributed by atoms with Gasteiger partial charge in [-0.2, -0.15) is 0 Å². The molecule has 2 aromatic heterocycles. The maximum absolute atomic E-state index is 11.6. The molecule has 10 heteroatoms. The Morgan fingerprint density at radius 2 is 2.03 bits per heavy atom. The van der Waals surface area contributed by atoms with Crippen LogP contribution >= 0.6 is 23.4 Å². The third-order valence-corrected chi connectivity index (χ3v) is 7.65. The molecule has 1 fully saturated rings. The van der Waals surface area contributed by atoms with Gasteiger partial charge in [0.1, 0.15) is 5.82 Å². The second-order valence-electron chi connectivity index (χ2n) is 8.19. The minimum Gasteiger partial charge on any atom is -0.353 e. The highest BCUT2D eigenvalue weighted by molar-refractivity contribution is 7.99. The normalized spacial score (nSPS) is 15.5. The number of halogens is 1. The number of nitrogens with zero attached hydrogens (tertiary/aromatic N) is 4. The molecule has 1 saturated heterocycles. The van der Waals surface area contributed by atoms with E-state index in [9.17, 15) is 8.42 Å². The summed E-state index contributed by atoms with van der Waals surface area (Å²) in [6.45, 7) is 7.04. The van der Waals surface area contributed by atoms with E-state index in [1.54, 1.807) is 6.20 Å². The lowest BCUT2D eigenvalue weighted by Crippen LogP contribution is -2.59. The van der Waals surface area contributed by atoms with Crippen molar-refractivity contribution in [2.24, 2.45) is 0 Å². The number of hydrogen-bond acceptors (Lipinski definition) is 7. The summed E-state index contributed by atoms with van der Waals surface area (Å²) in [5.41, 5.74) is 3.56. The topological polar surface area (TPSA) is 88.1 Å². The van der Waals surface area contributed by atoms with Gasteiger partial charge in [0.15, 0.2) is 5.16 Å². The van der Waals surface area contributed by atoms with E-state index in [1.807, 2.05) is 49.1 Å². The molecule has 0 atom stereocenters. The average Bonchev–Trinajstić information content (AvgIpc) is 2.74. The largest absolute Gasteiger partial charge is 0.353 e. The molecule has 0 unspecified atom stereocenters. The van der Waals surface area contributed by atoms with Gasteiger partial charge in [-0.3, -0.25) is 4.98 Å². The van der Waals surface area contributed by atoms with Gasteiger partial charge in [0.05, 0.1) is 34.1 Å². The van der Waals surface area contributed by atoms with Gasteiger partial charge in [0.2, 0.25) is 10.0 Å². The predicted molar refractivity (Wildman–Crippen MR) is 135 cm³/mol. The van der Waals surface area contributed by atoms with Gasteiger partial charge < -0.3 is 4.90 Å². The molecule has 33 heavy (non-hydrogen) atoms. The Bertz CT molecular complexity index is 1340. The first kappa shape index (κ1) is 23.9. The summed E-state index contributed by atoms with van der Waals surface area (Å²) in [6, 6.07) is 9.89. The summed E-state index contributed by atoms with van der Waals surface area (Å²) >= 11 is 8.23. The number of rotatable bonds is 7. The minimum atomic E-state index is -3.26. The van der Waals surface area contributed by atoms with Crippen LogP contribution in [0.2, 0.25) is 0 Å². The number of hydrogen-bond donors (Lipinski definition) is 1. The minimum absolute atomic E-state index is 0.152. The number of sulfonamides is 1. The van der Waals surface area contributed by atoms with Crippen molar-refractivity contribution in [3.63, 3.8) is 0 Å². The van der Waals surface area contributed by atoms with Crippen molar-refractivity contribution in [1.29, 1.82) is 0 Å². The van der Waals surface area contributed by atoms with Crippen LogP contribution in [-0.2, 0) is 10.0 Å². The molecule has 0 amide bonds. The fourth-order valence-corrected chi connectivity index (χ4v) is 5.62. The first-order valence-corrected chi connectivity index (χ1v) is 13.7. The maximum Gasteiger partial charge on any atom is 0.209 e. The molecule has 174 valence electrons. The van der Waals surface area contributed by atoms with Crippen LogP contribution in [0.15, 0.2) is 52.2 Å². The van der Waals surface area contributed by atoms with Crippen LogP contribution in [0.5, 0.6) is 0 Å². The Hall–Kier alpha value is -2.20. The second kappa shape index (κ2) is 9.58. The summed E-state index contributed by atoms with van der Waals surface area (Å²) in [6.07, 6.45) is 3.77. The van der Waals surface area contributed by atoms with Crippen molar-refractivity contribution < 1.29 is 8.42 Å². The molecule has 1 aliphatic heterocycles. The standard InChI is InChI=1S/C23H26ClN5O2S2/c1-5-14(2)21(24)20-15(3)26-23(27-22(20)29-12-17(13-29)28-33(4,30)31)32-18-9-8-16-7-6-10-25-19(16)11-18/h6-11,17,28H,5,12-13H2,1-4H3. The summed E-state index contributed by atoms with van der Waals surface area (Å²) in [5, 5.41) is 2.34.